The maximum Gasteiger partial charge on any atom is 0.306 e. The lowest BCUT2D eigenvalue weighted by Gasteiger charge is -2.39. The molecule has 0 spiro atoms. The molecular weight excluding hydrogens is 320 g/mol. The third-order valence-electron chi connectivity index (χ3n) is 3.75. The van der Waals surface area contributed by atoms with Crippen molar-refractivity contribution >= 4 is 5.97 Å². The average molecular weight is 346 g/mol. The Balaban J connectivity index is 2.47. The molecule has 6 atom stereocenters. The van der Waals surface area contributed by atoms with E-state index >= 15 is 0 Å². The molecule has 0 aromatic heterocycles. The van der Waals surface area contributed by atoms with Crippen molar-refractivity contribution in [3.8, 4) is 0 Å². The summed E-state index contributed by atoms with van der Waals surface area (Å²) in [6.07, 6.45) is -0.895. The van der Waals surface area contributed by atoms with E-state index in [1.54, 1.807) is 32.1 Å². The molecule has 0 saturated carbocycles. The number of allylic oxidation sites excluding steroid dienone is 3. The van der Waals surface area contributed by atoms with E-state index < -0.39 is 49.2 Å². The molecule has 1 rings (SSSR count). The summed E-state index contributed by atoms with van der Waals surface area (Å²) in [5.74, 6) is -1.31. The zero-order valence-corrected chi connectivity index (χ0v) is 13.8. The number of carbonyl (C=O) groups is 1. The summed E-state index contributed by atoms with van der Waals surface area (Å²) in [6.45, 7) is 2.98. The summed E-state index contributed by atoms with van der Waals surface area (Å²) in [5.41, 5.74) is 0.784. The summed E-state index contributed by atoms with van der Waals surface area (Å²) < 4.78 is 10.6. The number of aliphatic hydroxyl groups is 4. The topological polar surface area (TPSA) is 137 Å². The quantitative estimate of drug-likeness (QED) is 0.368. The summed E-state index contributed by atoms with van der Waals surface area (Å²) in [5, 5.41) is 47.0. The molecule has 0 aromatic carbocycles. The Morgan fingerprint density at radius 3 is 2.50 bits per heavy atom. The molecule has 8 nitrogen and oxygen atoms in total. The second kappa shape index (κ2) is 9.87. The number of hydrogen-bond donors (Lipinski definition) is 5. The zero-order valence-electron chi connectivity index (χ0n) is 13.8. The lowest BCUT2D eigenvalue weighted by atomic mass is 9.99. The van der Waals surface area contributed by atoms with Crippen LogP contribution in [0.4, 0.5) is 0 Å². The second-order valence-corrected chi connectivity index (χ2v) is 5.92. The van der Waals surface area contributed by atoms with Crippen LogP contribution in [-0.2, 0) is 14.3 Å². The Hall–Kier alpha value is -1.29. The van der Waals surface area contributed by atoms with E-state index in [0.717, 1.165) is 5.57 Å². The Kier molecular flexibility index (Phi) is 8.54. The predicted molar refractivity (Wildman–Crippen MR) is 84.0 cm³/mol. The van der Waals surface area contributed by atoms with Crippen molar-refractivity contribution in [1.82, 2.24) is 0 Å². The Labute approximate surface area is 140 Å². The molecule has 8 heteroatoms. The van der Waals surface area contributed by atoms with Gasteiger partial charge in [0.1, 0.15) is 24.4 Å². The number of ether oxygens (including phenoxy) is 2. The van der Waals surface area contributed by atoms with Crippen LogP contribution < -0.4 is 0 Å². The number of aliphatic hydroxyl groups excluding tert-OH is 4. The first-order valence-corrected chi connectivity index (χ1v) is 7.75. The van der Waals surface area contributed by atoms with Crippen molar-refractivity contribution < 1.29 is 39.8 Å². The Bertz CT molecular complexity index is 459. The van der Waals surface area contributed by atoms with Crippen LogP contribution >= 0.6 is 0 Å². The van der Waals surface area contributed by atoms with Gasteiger partial charge in [0.15, 0.2) is 6.29 Å². The first kappa shape index (κ1) is 20.8. The van der Waals surface area contributed by atoms with Gasteiger partial charge < -0.3 is 35.0 Å². The van der Waals surface area contributed by atoms with Crippen LogP contribution in [-0.4, -0.2) is 75.4 Å². The van der Waals surface area contributed by atoms with Gasteiger partial charge in [-0.1, -0.05) is 25.2 Å². The van der Waals surface area contributed by atoms with Crippen LogP contribution in [0.25, 0.3) is 0 Å². The van der Waals surface area contributed by atoms with Gasteiger partial charge in [-0.15, -0.1) is 0 Å². The van der Waals surface area contributed by atoms with Crippen molar-refractivity contribution in [2.75, 3.05) is 13.2 Å². The fourth-order valence-electron chi connectivity index (χ4n) is 2.08. The van der Waals surface area contributed by atoms with Gasteiger partial charge in [-0.25, -0.2) is 0 Å². The number of carboxylic acids is 1. The molecule has 138 valence electrons. The summed E-state index contributed by atoms with van der Waals surface area (Å²) >= 11 is 0. The van der Waals surface area contributed by atoms with Gasteiger partial charge in [-0.3, -0.25) is 4.79 Å². The molecule has 0 amide bonds. The first-order chi connectivity index (χ1) is 11.3. The average Bonchev–Trinajstić information content (AvgIpc) is 2.55. The van der Waals surface area contributed by atoms with E-state index in [0.29, 0.717) is 6.42 Å². The molecule has 0 bridgehead atoms. The maximum absolute atomic E-state index is 10.7. The Morgan fingerprint density at radius 2 is 1.92 bits per heavy atom. The molecule has 0 radical (unpaired) electrons. The van der Waals surface area contributed by atoms with Gasteiger partial charge in [-0.2, -0.15) is 0 Å². The molecule has 1 aliphatic rings. The SMILES string of the molecule is CC(=CC=CCC(C)C(=O)O)COC1OC(CO)C(O)C(O)C1O. The summed E-state index contributed by atoms with van der Waals surface area (Å²) in [7, 11) is 0. The second-order valence-electron chi connectivity index (χ2n) is 5.92. The molecule has 1 fully saturated rings. The van der Waals surface area contributed by atoms with Gasteiger partial charge in [0, 0.05) is 0 Å². The van der Waals surface area contributed by atoms with E-state index in [9.17, 15) is 20.1 Å². The van der Waals surface area contributed by atoms with Crippen molar-refractivity contribution in [3.63, 3.8) is 0 Å². The fraction of sp³-hybridized carbons (Fsp3) is 0.688. The van der Waals surface area contributed by atoms with Crippen molar-refractivity contribution in [1.29, 1.82) is 0 Å². The van der Waals surface area contributed by atoms with Crippen LogP contribution in [0.15, 0.2) is 23.8 Å². The zero-order chi connectivity index (χ0) is 18.3. The molecule has 1 aliphatic heterocycles. The van der Waals surface area contributed by atoms with E-state index in [2.05, 4.69) is 0 Å². The largest absolute Gasteiger partial charge is 0.481 e. The lowest BCUT2D eigenvalue weighted by molar-refractivity contribution is -0.299. The van der Waals surface area contributed by atoms with Crippen molar-refractivity contribution in [2.24, 2.45) is 5.92 Å². The first-order valence-electron chi connectivity index (χ1n) is 7.75. The minimum Gasteiger partial charge on any atom is -0.481 e. The third kappa shape index (κ3) is 5.97. The van der Waals surface area contributed by atoms with Crippen LogP contribution in [0.2, 0.25) is 0 Å². The summed E-state index contributed by atoms with van der Waals surface area (Å²) in [6, 6.07) is 0. The minimum absolute atomic E-state index is 0.0987. The van der Waals surface area contributed by atoms with Crippen LogP contribution in [0, 0.1) is 5.92 Å². The van der Waals surface area contributed by atoms with Crippen molar-refractivity contribution in [2.45, 2.75) is 51.0 Å². The monoisotopic (exact) mass is 346 g/mol. The molecule has 1 saturated heterocycles. The van der Waals surface area contributed by atoms with Gasteiger partial charge in [-0.05, 0) is 18.9 Å². The van der Waals surface area contributed by atoms with Crippen molar-refractivity contribution in [3.05, 3.63) is 23.8 Å². The normalized spacial score (nSPS) is 32.9. The standard InChI is InChI=1S/C16H26O8/c1-9(5-3-4-6-10(2)15(21)22)8-23-16-14(20)13(19)12(18)11(7-17)24-16/h3-5,10-14,16-20H,6-8H2,1-2H3,(H,21,22). The predicted octanol–water partition coefficient (Wildman–Crippen LogP) is -0.584. The number of aliphatic carboxylic acids is 1. The molecule has 5 N–H and O–H groups in total. The van der Waals surface area contributed by atoms with Crippen LogP contribution in [0.3, 0.4) is 0 Å². The highest BCUT2D eigenvalue weighted by Gasteiger charge is 2.43. The van der Waals surface area contributed by atoms with E-state index in [4.69, 9.17) is 19.7 Å². The highest BCUT2D eigenvalue weighted by molar-refractivity contribution is 5.69. The smallest absolute Gasteiger partial charge is 0.306 e. The van der Waals surface area contributed by atoms with Crippen LogP contribution in [0.5, 0.6) is 0 Å². The van der Waals surface area contributed by atoms with Crippen LogP contribution in [0.1, 0.15) is 20.3 Å². The maximum atomic E-state index is 10.7. The fourth-order valence-corrected chi connectivity index (χ4v) is 2.08. The molecular formula is C16H26O8. The molecule has 6 unspecified atom stereocenters. The van der Waals surface area contributed by atoms with E-state index in [1.165, 1.54) is 0 Å². The Morgan fingerprint density at radius 1 is 1.25 bits per heavy atom. The summed E-state index contributed by atoms with van der Waals surface area (Å²) in [4.78, 5) is 10.7. The number of rotatable bonds is 8. The highest BCUT2D eigenvalue weighted by atomic mass is 16.7. The number of carboxylic acid groups (broad SMARTS) is 1. The van der Waals surface area contributed by atoms with E-state index in [-0.39, 0.29) is 6.61 Å². The third-order valence-corrected chi connectivity index (χ3v) is 3.75. The van der Waals surface area contributed by atoms with Gasteiger partial charge in [0.05, 0.1) is 19.1 Å². The molecule has 0 aromatic rings. The molecule has 1 heterocycles. The van der Waals surface area contributed by atoms with Gasteiger partial charge in [0.25, 0.3) is 0 Å². The number of hydrogen-bond acceptors (Lipinski definition) is 7. The molecule has 24 heavy (non-hydrogen) atoms. The van der Waals surface area contributed by atoms with Gasteiger partial charge >= 0.3 is 5.97 Å². The minimum atomic E-state index is -1.47. The highest BCUT2D eigenvalue weighted by Crippen LogP contribution is 2.22. The van der Waals surface area contributed by atoms with Gasteiger partial charge in [0.2, 0.25) is 0 Å². The van der Waals surface area contributed by atoms with E-state index in [1.807, 2.05) is 0 Å². The molecule has 0 aliphatic carbocycles. The lowest BCUT2D eigenvalue weighted by Crippen LogP contribution is -2.59.